The molecule has 134 valence electrons. The average Bonchev–Trinajstić information content (AvgIpc) is 2.88. The predicted molar refractivity (Wildman–Crippen MR) is 94.3 cm³/mol. The van der Waals surface area contributed by atoms with Crippen LogP contribution in [0, 0.1) is 5.92 Å². The van der Waals surface area contributed by atoms with Crippen LogP contribution in [0.3, 0.4) is 0 Å². The summed E-state index contributed by atoms with van der Waals surface area (Å²) in [6, 6.07) is 0. The van der Waals surface area contributed by atoms with E-state index in [0.29, 0.717) is 24.2 Å². The van der Waals surface area contributed by atoms with Crippen LogP contribution in [0.5, 0.6) is 0 Å². The molecule has 8 heteroatoms. The zero-order chi connectivity index (χ0) is 17.9. The number of carbonyl (C=O) groups excluding carboxylic acids is 1. The van der Waals surface area contributed by atoms with Gasteiger partial charge in [0.1, 0.15) is 10.8 Å². The fraction of sp³-hybridized carbons (Fsp3) is 0.688. The second-order valence-corrected chi connectivity index (χ2v) is 7.93. The molecule has 0 bridgehead atoms. The molecule has 0 aromatic carbocycles. The van der Waals surface area contributed by atoms with E-state index < -0.39 is 5.60 Å². The smallest absolute Gasteiger partial charge is 0.410 e. The van der Waals surface area contributed by atoms with Crippen LogP contribution < -0.4 is 0 Å². The molecule has 0 saturated carbocycles. The van der Waals surface area contributed by atoms with E-state index in [-0.39, 0.29) is 11.4 Å². The number of likely N-dealkylation sites (tertiary alicyclic amines) is 1. The summed E-state index contributed by atoms with van der Waals surface area (Å²) >= 11 is 11.8. The fourth-order valence-corrected chi connectivity index (χ4v) is 3.11. The first-order valence-corrected chi connectivity index (χ1v) is 8.73. The Balaban J connectivity index is 1.83. The summed E-state index contributed by atoms with van der Waals surface area (Å²) in [5.74, 6) is 0.412. The highest BCUT2D eigenvalue weighted by atomic mass is 35.5. The Morgan fingerprint density at radius 2 is 2.17 bits per heavy atom. The fourth-order valence-electron chi connectivity index (χ4n) is 2.74. The van der Waals surface area contributed by atoms with E-state index in [4.69, 9.17) is 27.9 Å². The van der Waals surface area contributed by atoms with Crippen molar-refractivity contribution in [3.8, 4) is 0 Å². The van der Waals surface area contributed by atoms with Crippen molar-refractivity contribution in [3.63, 3.8) is 0 Å². The zero-order valence-corrected chi connectivity index (χ0v) is 16.1. The number of amides is 1. The van der Waals surface area contributed by atoms with Crippen molar-refractivity contribution < 1.29 is 9.53 Å². The molecule has 1 atom stereocenters. The molecule has 0 radical (unpaired) electrons. The Labute approximate surface area is 153 Å². The van der Waals surface area contributed by atoms with Gasteiger partial charge in [-0.1, -0.05) is 11.6 Å². The summed E-state index contributed by atoms with van der Waals surface area (Å²) in [5, 5.41) is 0.527. The van der Waals surface area contributed by atoms with Crippen molar-refractivity contribution >= 4 is 29.3 Å². The van der Waals surface area contributed by atoms with Crippen LogP contribution >= 0.6 is 23.2 Å². The summed E-state index contributed by atoms with van der Waals surface area (Å²) < 4.78 is 5.42. The lowest BCUT2D eigenvalue weighted by molar-refractivity contribution is 0.0285. The molecule has 1 fully saturated rings. The number of hydrogen-bond acceptors (Lipinski definition) is 5. The SMILES string of the molecule is CN(Cc1cnc(Cl)nc1Cl)C[C@@H]1CCN(C(=O)OC(C)(C)C)C1. The highest BCUT2D eigenvalue weighted by Gasteiger charge is 2.30. The first kappa shape index (κ1) is 19.2. The lowest BCUT2D eigenvalue weighted by Crippen LogP contribution is -2.36. The van der Waals surface area contributed by atoms with Gasteiger partial charge in [-0.05, 0) is 51.8 Å². The van der Waals surface area contributed by atoms with E-state index in [1.54, 1.807) is 11.1 Å². The number of rotatable bonds is 4. The maximum atomic E-state index is 12.1. The average molecular weight is 375 g/mol. The molecular weight excluding hydrogens is 351 g/mol. The van der Waals surface area contributed by atoms with Gasteiger partial charge in [0.25, 0.3) is 0 Å². The van der Waals surface area contributed by atoms with Gasteiger partial charge in [-0.15, -0.1) is 0 Å². The van der Waals surface area contributed by atoms with E-state index in [1.807, 2.05) is 27.8 Å². The topological polar surface area (TPSA) is 58.6 Å². The molecule has 0 N–H and O–H groups in total. The van der Waals surface area contributed by atoms with E-state index in [2.05, 4.69) is 14.9 Å². The number of aromatic nitrogens is 2. The molecule has 0 unspecified atom stereocenters. The maximum absolute atomic E-state index is 12.1. The Morgan fingerprint density at radius 1 is 1.46 bits per heavy atom. The van der Waals surface area contributed by atoms with Gasteiger partial charge < -0.3 is 14.5 Å². The molecule has 0 spiro atoms. The zero-order valence-electron chi connectivity index (χ0n) is 14.6. The molecule has 1 aliphatic heterocycles. The maximum Gasteiger partial charge on any atom is 0.410 e. The van der Waals surface area contributed by atoms with Crippen molar-refractivity contribution in [3.05, 3.63) is 22.2 Å². The summed E-state index contributed by atoms with van der Waals surface area (Å²) in [5.41, 5.74) is 0.377. The summed E-state index contributed by atoms with van der Waals surface area (Å²) in [7, 11) is 2.01. The third-order valence-electron chi connectivity index (χ3n) is 3.73. The van der Waals surface area contributed by atoms with Crippen molar-refractivity contribution in [2.24, 2.45) is 5.92 Å². The molecule has 2 rings (SSSR count). The first-order valence-electron chi connectivity index (χ1n) is 7.97. The van der Waals surface area contributed by atoms with Crippen molar-refractivity contribution in [2.75, 3.05) is 26.7 Å². The molecule has 2 heterocycles. The number of ether oxygens (including phenoxy) is 1. The third kappa shape index (κ3) is 5.76. The van der Waals surface area contributed by atoms with Gasteiger partial charge >= 0.3 is 6.09 Å². The van der Waals surface area contributed by atoms with Crippen LogP contribution in [-0.2, 0) is 11.3 Å². The van der Waals surface area contributed by atoms with Crippen LogP contribution in [0.1, 0.15) is 32.8 Å². The molecule has 1 aliphatic rings. The Hall–Kier alpha value is -1.11. The molecule has 1 aromatic heterocycles. The monoisotopic (exact) mass is 374 g/mol. The van der Waals surface area contributed by atoms with Gasteiger partial charge in [0.2, 0.25) is 5.28 Å². The molecule has 1 amide bonds. The molecule has 1 aromatic rings. The van der Waals surface area contributed by atoms with Gasteiger partial charge in [-0.3, -0.25) is 0 Å². The van der Waals surface area contributed by atoms with Gasteiger partial charge in [-0.2, -0.15) is 0 Å². The third-order valence-corrected chi connectivity index (χ3v) is 4.24. The van der Waals surface area contributed by atoms with Crippen LogP contribution in [0.25, 0.3) is 0 Å². The Morgan fingerprint density at radius 3 is 2.79 bits per heavy atom. The normalized spacial score (nSPS) is 18.3. The lowest BCUT2D eigenvalue weighted by Gasteiger charge is -2.25. The van der Waals surface area contributed by atoms with Crippen LogP contribution in [0.2, 0.25) is 10.4 Å². The summed E-state index contributed by atoms with van der Waals surface area (Å²) in [4.78, 5) is 24.0. The van der Waals surface area contributed by atoms with E-state index in [9.17, 15) is 4.79 Å². The number of halogens is 2. The van der Waals surface area contributed by atoms with Crippen molar-refractivity contribution in [1.29, 1.82) is 0 Å². The van der Waals surface area contributed by atoms with Gasteiger partial charge in [0, 0.05) is 37.9 Å². The van der Waals surface area contributed by atoms with Crippen LogP contribution in [-0.4, -0.2) is 58.1 Å². The summed E-state index contributed by atoms with van der Waals surface area (Å²) in [6.07, 6.45) is 2.38. The van der Waals surface area contributed by atoms with Gasteiger partial charge in [-0.25, -0.2) is 14.8 Å². The predicted octanol–water partition coefficient (Wildman–Crippen LogP) is 3.47. The van der Waals surface area contributed by atoms with Gasteiger partial charge in [0.15, 0.2) is 0 Å². The largest absolute Gasteiger partial charge is 0.444 e. The minimum atomic E-state index is -0.461. The number of carbonyl (C=O) groups is 1. The van der Waals surface area contributed by atoms with E-state index in [0.717, 1.165) is 25.1 Å². The summed E-state index contributed by atoms with van der Waals surface area (Å²) in [6.45, 7) is 8.58. The minimum absolute atomic E-state index is 0.148. The second kappa shape index (κ2) is 7.85. The number of nitrogens with zero attached hydrogens (tertiary/aromatic N) is 4. The molecule has 1 saturated heterocycles. The van der Waals surface area contributed by atoms with Crippen molar-refractivity contribution in [2.45, 2.75) is 39.3 Å². The Bertz CT molecular complexity index is 592. The highest BCUT2D eigenvalue weighted by Crippen LogP contribution is 2.22. The first-order chi connectivity index (χ1) is 11.1. The van der Waals surface area contributed by atoms with E-state index in [1.165, 1.54) is 0 Å². The molecule has 0 aliphatic carbocycles. The second-order valence-electron chi connectivity index (χ2n) is 7.23. The van der Waals surface area contributed by atoms with Crippen LogP contribution in [0.4, 0.5) is 4.79 Å². The molecular formula is C16H24Cl2N4O2. The lowest BCUT2D eigenvalue weighted by atomic mass is 10.1. The van der Waals surface area contributed by atoms with E-state index >= 15 is 0 Å². The van der Waals surface area contributed by atoms with Gasteiger partial charge in [0.05, 0.1) is 0 Å². The molecule has 6 nitrogen and oxygen atoms in total. The standard InChI is InChI=1S/C16H24Cl2N4O2/c1-16(2,3)24-15(23)22-6-5-11(9-22)8-21(4)10-12-7-19-14(18)20-13(12)17/h7,11H,5-6,8-10H2,1-4H3/t11-/m0/s1. The minimum Gasteiger partial charge on any atom is -0.444 e. The quantitative estimate of drug-likeness (QED) is 0.596. The van der Waals surface area contributed by atoms with Crippen LogP contribution in [0.15, 0.2) is 6.20 Å². The number of hydrogen-bond donors (Lipinski definition) is 0. The molecule has 24 heavy (non-hydrogen) atoms. The highest BCUT2D eigenvalue weighted by molar-refractivity contribution is 6.32. The van der Waals surface area contributed by atoms with Crippen molar-refractivity contribution in [1.82, 2.24) is 19.8 Å². The Kier molecular flexibility index (Phi) is 6.28.